The van der Waals surface area contributed by atoms with Crippen molar-refractivity contribution in [3.63, 3.8) is 0 Å². The number of nitrogens with zero attached hydrogens (tertiary/aromatic N) is 4. The molecule has 6 aromatic carbocycles. The first-order valence-corrected chi connectivity index (χ1v) is 21.5. The Kier molecular flexibility index (Phi) is 11.9. The van der Waals surface area contributed by atoms with Gasteiger partial charge in [-0.1, -0.05) is 116 Å². The monoisotopic (exact) mass is 1020 g/mol. The molecule has 0 aliphatic carbocycles. The van der Waals surface area contributed by atoms with E-state index in [9.17, 15) is 0 Å². The summed E-state index contributed by atoms with van der Waals surface area (Å²) in [7, 11) is 0. The van der Waals surface area contributed by atoms with Crippen molar-refractivity contribution in [2.45, 2.75) is 85.5 Å². The summed E-state index contributed by atoms with van der Waals surface area (Å²) in [5, 5.41) is 2.12. The Morgan fingerprint density at radius 2 is 1.35 bits per heavy atom. The molecule has 3 heterocycles. The number of halogens is 2. The molecule has 324 valence electrons. The zero-order chi connectivity index (χ0) is 43.6. The van der Waals surface area contributed by atoms with E-state index >= 15 is 8.78 Å². The standard InChI is InChI=1S/C55H51F2N4O.Pt/c1-33(2)36-27-44(34(3)4)53(45(28-36)35(5)6)37-25-39(59-32-60(54-46(56)16-14-17-47(54)57)51-29-38(55(7,8)9)20-23-49(51)59)30-41(26-37)62-40-21-22-43-42-15-10-11-18-48(42)61(50(43)31-40)52-19-12-13-24-58-52;/h10-29,32-35H,1-9H3;/q-3;. The summed E-state index contributed by atoms with van der Waals surface area (Å²) in [4.78, 5) is 8.29. The van der Waals surface area contributed by atoms with E-state index in [1.165, 1.54) is 34.9 Å². The van der Waals surface area contributed by atoms with E-state index in [1.807, 2.05) is 53.4 Å². The van der Waals surface area contributed by atoms with Crippen LogP contribution in [0.5, 0.6) is 11.5 Å². The number of para-hydroxylation sites is 2. The van der Waals surface area contributed by atoms with Crippen LogP contribution in [-0.2, 0) is 26.5 Å². The molecule has 5 nitrogen and oxygen atoms in total. The fourth-order valence-electron chi connectivity index (χ4n) is 8.64. The Bertz CT molecular complexity index is 2940. The van der Waals surface area contributed by atoms with Crippen molar-refractivity contribution in [2.75, 3.05) is 9.80 Å². The fraction of sp³-hybridized carbons (Fsp3) is 0.236. The number of ether oxygens (including phenoxy) is 1. The molecule has 0 atom stereocenters. The maximum atomic E-state index is 15.7. The molecule has 0 spiro atoms. The number of pyridine rings is 1. The third-order valence-electron chi connectivity index (χ3n) is 11.9. The van der Waals surface area contributed by atoms with Crippen molar-refractivity contribution in [1.82, 2.24) is 9.55 Å². The van der Waals surface area contributed by atoms with Crippen LogP contribution in [0.15, 0.2) is 121 Å². The van der Waals surface area contributed by atoms with Crippen LogP contribution in [0.4, 0.5) is 31.5 Å². The van der Waals surface area contributed by atoms with Crippen molar-refractivity contribution >= 4 is 44.6 Å². The molecule has 0 N–H and O–H groups in total. The molecule has 8 aromatic rings. The van der Waals surface area contributed by atoms with Crippen LogP contribution in [-0.4, -0.2) is 9.55 Å². The van der Waals surface area contributed by atoms with Gasteiger partial charge in [0.1, 0.15) is 17.5 Å². The molecule has 0 radical (unpaired) electrons. The van der Waals surface area contributed by atoms with Gasteiger partial charge in [0.05, 0.1) is 5.69 Å². The molecule has 0 fully saturated rings. The smallest absolute Gasteiger partial charge is 0.147 e. The summed E-state index contributed by atoms with van der Waals surface area (Å²) in [6, 6.07) is 44.4. The largest absolute Gasteiger partial charge is 0.509 e. The second-order valence-corrected chi connectivity index (χ2v) is 18.3. The van der Waals surface area contributed by atoms with Gasteiger partial charge in [-0.05, 0) is 98.8 Å². The van der Waals surface area contributed by atoms with Gasteiger partial charge >= 0.3 is 0 Å². The third-order valence-corrected chi connectivity index (χ3v) is 11.9. The Labute approximate surface area is 384 Å². The molecule has 0 bridgehead atoms. The fourth-order valence-corrected chi connectivity index (χ4v) is 8.64. The molecule has 1 aliphatic rings. The summed E-state index contributed by atoms with van der Waals surface area (Å²) in [5.74, 6) is 1.25. The zero-order valence-electron chi connectivity index (χ0n) is 37.1. The predicted octanol–water partition coefficient (Wildman–Crippen LogP) is 15.6. The van der Waals surface area contributed by atoms with Crippen LogP contribution in [0.1, 0.15) is 102 Å². The van der Waals surface area contributed by atoms with E-state index in [4.69, 9.17) is 9.72 Å². The van der Waals surface area contributed by atoms with Crippen molar-refractivity contribution in [3.05, 3.63) is 174 Å². The third kappa shape index (κ3) is 8.06. The zero-order valence-corrected chi connectivity index (χ0v) is 39.4. The molecular weight excluding hydrogens is 966 g/mol. The molecule has 9 rings (SSSR count). The van der Waals surface area contributed by atoms with Gasteiger partial charge in [-0.15, -0.1) is 53.6 Å². The molecule has 63 heavy (non-hydrogen) atoms. The second kappa shape index (κ2) is 17.1. The van der Waals surface area contributed by atoms with Crippen LogP contribution < -0.4 is 14.5 Å². The van der Waals surface area contributed by atoms with Gasteiger partial charge in [0.15, 0.2) is 0 Å². The van der Waals surface area contributed by atoms with E-state index in [0.29, 0.717) is 28.8 Å². The van der Waals surface area contributed by atoms with Crippen molar-refractivity contribution in [1.29, 1.82) is 0 Å². The first-order chi connectivity index (χ1) is 29.7. The van der Waals surface area contributed by atoms with Gasteiger partial charge in [-0.25, -0.2) is 13.8 Å². The number of anilines is 4. The van der Waals surface area contributed by atoms with Crippen LogP contribution in [0.2, 0.25) is 0 Å². The van der Waals surface area contributed by atoms with Crippen molar-refractivity contribution in [3.8, 4) is 28.4 Å². The molecule has 1 aliphatic heterocycles. The van der Waals surface area contributed by atoms with Gasteiger partial charge in [-0.3, -0.25) is 0 Å². The van der Waals surface area contributed by atoms with Crippen molar-refractivity contribution in [2.24, 2.45) is 0 Å². The number of hydrogen-bond donors (Lipinski definition) is 0. The average Bonchev–Trinajstić information content (AvgIpc) is 3.78. The predicted molar refractivity (Wildman–Crippen MR) is 251 cm³/mol. The van der Waals surface area contributed by atoms with E-state index in [0.717, 1.165) is 50.0 Å². The minimum atomic E-state index is -0.653. The molecule has 2 aromatic heterocycles. The van der Waals surface area contributed by atoms with Crippen molar-refractivity contribution < 1.29 is 34.6 Å². The molecular formula is C55H51F2N4OPt-3. The topological polar surface area (TPSA) is 33.5 Å². The normalized spacial score (nSPS) is 12.9. The molecule has 8 heteroatoms. The number of aromatic nitrogens is 2. The number of rotatable bonds is 9. The minimum Gasteiger partial charge on any atom is -0.509 e. The first-order valence-electron chi connectivity index (χ1n) is 21.5. The van der Waals surface area contributed by atoms with Crippen LogP contribution >= 0.6 is 0 Å². The number of hydrogen-bond acceptors (Lipinski definition) is 4. The van der Waals surface area contributed by atoms with Crippen LogP contribution in [0, 0.1) is 30.4 Å². The number of benzene rings is 6. The van der Waals surface area contributed by atoms with E-state index in [1.54, 1.807) is 17.8 Å². The van der Waals surface area contributed by atoms with Crippen LogP contribution in [0.25, 0.3) is 38.8 Å². The average molecular weight is 1020 g/mol. The molecule has 0 saturated carbocycles. The van der Waals surface area contributed by atoms with Gasteiger partial charge in [0, 0.05) is 55.7 Å². The number of fused-ring (bicyclic) bond motifs is 4. The minimum absolute atomic E-state index is 0. The van der Waals surface area contributed by atoms with Gasteiger partial charge in [0.2, 0.25) is 0 Å². The van der Waals surface area contributed by atoms with Gasteiger partial charge in [-0.2, -0.15) is 6.07 Å². The molecule has 0 saturated heterocycles. The van der Waals surface area contributed by atoms with Crippen LogP contribution in [0.3, 0.4) is 0 Å². The van der Waals surface area contributed by atoms with E-state index in [-0.39, 0.29) is 44.0 Å². The molecule has 0 amide bonds. The van der Waals surface area contributed by atoms with E-state index in [2.05, 4.69) is 128 Å². The summed E-state index contributed by atoms with van der Waals surface area (Å²) >= 11 is 0. The summed E-state index contributed by atoms with van der Waals surface area (Å²) in [6.07, 6.45) is 1.79. The summed E-state index contributed by atoms with van der Waals surface area (Å²) in [5.41, 5.74) is 10.5. The molecule has 0 unspecified atom stereocenters. The Morgan fingerprint density at radius 1 is 0.651 bits per heavy atom. The maximum Gasteiger partial charge on any atom is 0.147 e. The maximum absolute atomic E-state index is 15.7. The first kappa shape index (κ1) is 43.9. The Morgan fingerprint density at radius 3 is 2.00 bits per heavy atom. The Hall–Kier alpha value is -5.78. The summed E-state index contributed by atoms with van der Waals surface area (Å²) in [6.45, 7) is 21.6. The van der Waals surface area contributed by atoms with Gasteiger partial charge < -0.3 is 19.1 Å². The van der Waals surface area contributed by atoms with E-state index < -0.39 is 11.6 Å². The summed E-state index contributed by atoms with van der Waals surface area (Å²) < 4.78 is 40.5. The van der Waals surface area contributed by atoms with Gasteiger partial charge in [0.25, 0.3) is 0 Å². The Balaban J connectivity index is 0.00000544. The quantitative estimate of drug-likeness (QED) is 0.135. The SMILES string of the molecule is CC(C)c1cc(C(C)C)c(-c2cc(Oc3[c-]c4c(cc3)c3ccccc3n4-c3ccccn3)[c-]c(N3[CH-]N(c4c(F)cccc4F)c4cc(C(C)(C)C)ccc43)c2)c(C(C)C)c1.[Pt]. The second-order valence-electron chi connectivity index (χ2n) is 18.3.